The molecule has 3 aromatic heterocycles. The van der Waals surface area contributed by atoms with E-state index in [1.54, 1.807) is 43.7 Å². The molecule has 14 heteroatoms. The van der Waals surface area contributed by atoms with Crippen molar-refractivity contribution in [3.8, 4) is 16.9 Å². The van der Waals surface area contributed by atoms with Crippen molar-refractivity contribution < 1.29 is 14.0 Å². The number of ether oxygens (including phenoxy) is 2. The van der Waals surface area contributed by atoms with Crippen LogP contribution >= 0.6 is 23.1 Å². The summed E-state index contributed by atoms with van der Waals surface area (Å²) >= 11 is 3.58. The van der Waals surface area contributed by atoms with E-state index < -0.39 is 7.14 Å². The smallest absolute Gasteiger partial charge is 0.229 e. The molecule has 46 heavy (non-hydrogen) atoms. The van der Waals surface area contributed by atoms with Crippen LogP contribution in [0.2, 0.25) is 0 Å². The van der Waals surface area contributed by atoms with E-state index in [0.717, 1.165) is 56.0 Å². The molecule has 2 aromatic carbocycles. The van der Waals surface area contributed by atoms with Gasteiger partial charge in [0, 0.05) is 73.2 Å². The number of aromatic nitrogens is 6. The van der Waals surface area contributed by atoms with E-state index in [4.69, 9.17) is 14.5 Å². The van der Waals surface area contributed by atoms with E-state index in [1.165, 1.54) is 0 Å². The highest BCUT2D eigenvalue weighted by atomic mass is 79.9. The van der Waals surface area contributed by atoms with Crippen molar-refractivity contribution in [2.45, 2.75) is 12.8 Å². The lowest BCUT2D eigenvalue weighted by atomic mass is 9.76. The zero-order chi connectivity index (χ0) is 32.1. The van der Waals surface area contributed by atoms with Gasteiger partial charge in [-0.1, -0.05) is 0 Å². The van der Waals surface area contributed by atoms with Crippen molar-refractivity contribution in [1.82, 2.24) is 29.7 Å². The highest BCUT2D eigenvalue weighted by molar-refractivity contribution is 9.10. The summed E-state index contributed by atoms with van der Waals surface area (Å²) in [6, 6.07) is 7.87. The second-order valence-electron chi connectivity index (χ2n) is 12.3. The molecular weight excluding hydrogens is 669 g/mol. The Morgan fingerprint density at radius 3 is 2.48 bits per heavy atom. The molecule has 238 valence electrons. The van der Waals surface area contributed by atoms with E-state index in [9.17, 15) is 4.57 Å². The average Bonchev–Trinajstić information content (AvgIpc) is 3.47. The van der Waals surface area contributed by atoms with Crippen molar-refractivity contribution in [3.63, 3.8) is 0 Å². The quantitative estimate of drug-likeness (QED) is 0.186. The number of fused-ring (bicyclic) bond motifs is 1. The van der Waals surface area contributed by atoms with Crippen molar-refractivity contribution in [3.05, 3.63) is 59.7 Å². The fourth-order valence-corrected chi connectivity index (χ4v) is 7.90. The minimum Gasteiger partial charge on any atom is -0.494 e. The Morgan fingerprint density at radius 1 is 1.02 bits per heavy atom. The van der Waals surface area contributed by atoms with Gasteiger partial charge >= 0.3 is 0 Å². The van der Waals surface area contributed by atoms with Crippen LogP contribution in [0.5, 0.6) is 5.75 Å². The van der Waals surface area contributed by atoms with Gasteiger partial charge < -0.3 is 29.6 Å². The van der Waals surface area contributed by atoms with E-state index >= 15 is 0 Å². The third-order valence-electron chi connectivity index (χ3n) is 8.71. The Kier molecular flexibility index (Phi) is 7.94. The maximum absolute atomic E-state index is 13.5. The van der Waals surface area contributed by atoms with Gasteiger partial charge in [-0.25, -0.2) is 4.98 Å². The van der Waals surface area contributed by atoms with Crippen LogP contribution in [0.4, 0.5) is 28.8 Å². The zero-order valence-electron chi connectivity index (χ0n) is 26.1. The molecule has 2 aliphatic rings. The first-order chi connectivity index (χ1) is 22.1. The van der Waals surface area contributed by atoms with Crippen LogP contribution in [0, 0.1) is 5.41 Å². The Bertz CT molecular complexity index is 1980. The average molecular weight is 705 g/mol. The van der Waals surface area contributed by atoms with Gasteiger partial charge in [0.1, 0.15) is 24.2 Å². The predicted molar refractivity (Wildman–Crippen MR) is 185 cm³/mol. The predicted octanol–water partition coefficient (Wildman–Crippen LogP) is 5.94. The number of anilines is 5. The minimum absolute atomic E-state index is 0.327. The summed E-state index contributed by atoms with van der Waals surface area (Å²) in [5.41, 5.74) is 6.10. The molecule has 0 saturated carbocycles. The molecule has 7 rings (SSSR count). The summed E-state index contributed by atoms with van der Waals surface area (Å²) in [4.78, 5) is 20.7. The summed E-state index contributed by atoms with van der Waals surface area (Å²) in [7, 11) is 0.823. The first-order valence-electron chi connectivity index (χ1n) is 15.0. The van der Waals surface area contributed by atoms with E-state index in [0.29, 0.717) is 55.1 Å². The molecule has 2 aliphatic heterocycles. The number of hydrogen-bond donors (Lipinski definition) is 2. The van der Waals surface area contributed by atoms with Gasteiger partial charge in [-0.05, 0) is 60.3 Å². The van der Waals surface area contributed by atoms with E-state index in [1.807, 2.05) is 31.6 Å². The van der Waals surface area contributed by atoms with Gasteiger partial charge in [0.15, 0.2) is 0 Å². The maximum Gasteiger partial charge on any atom is 0.229 e. The number of piperidine rings is 1. The van der Waals surface area contributed by atoms with Crippen molar-refractivity contribution in [2.24, 2.45) is 12.5 Å². The number of nitrogens with one attached hydrogen (secondary N) is 2. The molecule has 1 spiro atoms. The van der Waals surface area contributed by atoms with Crippen LogP contribution in [0.25, 0.3) is 22.2 Å². The van der Waals surface area contributed by atoms with Crippen LogP contribution in [-0.4, -0.2) is 76.5 Å². The van der Waals surface area contributed by atoms with Crippen LogP contribution in [0.1, 0.15) is 12.8 Å². The lowest BCUT2D eigenvalue weighted by Gasteiger charge is -2.48. The first-order valence-corrected chi connectivity index (χ1v) is 18.4. The Balaban J connectivity index is 1.23. The summed E-state index contributed by atoms with van der Waals surface area (Å²) in [6.45, 7) is 7.06. The summed E-state index contributed by atoms with van der Waals surface area (Å²) in [5, 5.41) is 11.8. The number of halogens is 1. The summed E-state index contributed by atoms with van der Waals surface area (Å²) < 4.78 is 27.4. The van der Waals surface area contributed by atoms with Gasteiger partial charge in [-0.3, -0.25) is 14.6 Å². The molecule has 0 radical (unpaired) electrons. The molecule has 0 bridgehead atoms. The van der Waals surface area contributed by atoms with Crippen molar-refractivity contribution in [1.29, 1.82) is 0 Å². The fraction of sp³-hybridized carbons (Fsp3) is 0.344. The van der Waals surface area contributed by atoms with Gasteiger partial charge in [-0.2, -0.15) is 10.1 Å². The number of rotatable bonds is 8. The van der Waals surface area contributed by atoms with Crippen LogP contribution < -0.4 is 25.6 Å². The summed E-state index contributed by atoms with van der Waals surface area (Å²) in [5.74, 6) is 1.53. The number of aryl methyl sites for hydroxylation is 1. The third kappa shape index (κ3) is 5.83. The van der Waals surface area contributed by atoms with Crippen LogP contribution in [0.3, 0.4) is 0 Å². The van der Waals surface area contributed by atoms with E-state index in [2.05, 4.69) is 63.6 Å². The molecule has 2 N–H and O–H groups in total. The molecule has 0 unspecified atom stereocenters. The SMILES string of the molecule is COc1cc(N2CCC3(CC2)COC3)c(-c2cnn(C)c2)cc1Nc1ncc(Br)c(Nc2ccc3nccnc3c2P(C)(C)=O)n1. The Hall–Kier alpha value is -4.06. The maximum atomic E-state index is 13.5. The topological polar surface area (TPSA) is 132 Å². The van der Waals surface area contributed by atoms with Crippen LogP contribution in [0.15, 0.2) is 59.7 Å². The monoisotopic (exact) mass is 703 g/mol. The van der Waals surface area contributed by atoms with E-state index in [-0.39, 0.29) is 0 Å². The van der Waals surface area contributed by atoms with Crippen molar-refractivity contribution >= 4 is 68.2 Å². The number of benzene rings is 2. The largest absolute Gasteiger partial charge is 0.494 e. The molecule has 0 aliphatic carbocycles. The van der Waals surface area contributed by atoms with Gasteiger partial charge in [0.05, 0.1) is 53.2 Å². The fourth-order valence-electron chi connectivity index (χ4n) is 6.22. The minimum atomic E-state index is -2.76. The number of nitrogens with zero attached hydrogens (tertiary/aromatic N) is 7. The molecule has 2 fully saturated rings. The third-order valence-corrected chi connectivity index (χ3v) is 10.8. The molecule has 2 saturated heterocycles. The molecule has 5 heterocycles. The van der Waals surface area contributed by atoms with Gasteiger partial charge in [0.25, 0.3) is 0 Å². The standard InChI is InChI=1S/C32H35BrN9O3P/c1-41-17-20(15-37-41)21-13-25(27(44-2)14-26(21)42-11-7-32(8-12-42)18-45-19-32)39-31-36-16-22(33)30(40-31)38-24-6-5-23-28(35-10-9-34-23)29(24)46(3,4)43/h5-6,9-10,13-17H,7-8,11-12,18-19H2,1-4H3,(H2,36,38,39,40). The highest BCUT2D eigenvalue weighted by Gasteiger charge is 2.41. The molecule has 0 amide bonds. The molecule has 0 atom stereocenters. The summed E-state index contributed by atoms with van der Waals surface area (Å²) in [6.07, 6.45) is 11.0. The Morgan fingerprint density at radius 2 is 1.80 bits per heavy atom. The highest BCUT2D eigenvalue weighted by Crippen LogP contribution is 2.45. The van der Waals surface area contributed by atoms with Crippen LogP contribution in [-0.2, 0) is 16.3 Å². The van der Waals surface area contributed by atoms with Gasteiger partial charge in [-0.15, -0.1) is 0 Å². The Labute approximate surface area is 275 Å². The zero-order valence-corrected chi connectivity index (χ0v) is 28.6. The molecular formula is C32H35BrN9O3P. The van der Waals surface area contributed by atoms with Crippen molar-refractivity contribution in [2.75, 3.05) is 62.3 Å². The second-order valence-corrected chi connectivity index (χ2v) is 16.3. The normalized spacial score (nSPS) is 16.0. The first kappa shape index (κ1) is 30.6. The lowest BCUT2D eigenvalue weighted by Crippen LogP contribution is -2.51. The number of hydrogen-bond acceptors (Lipinski definition) is 11. The van der Waals surface area contributed by atoms with Gasteiger partial charge in [0.2, 0.25) is 5.95 Å². The number of methoxy groups -OCH3 is 1. The molecule has 12 nitrogen and oxygen atoms in total. The molecule has 5 aromatic rings. The lowest BCUT2D eigenvalue weighted by molar-refractivity contribution is -0.124. The second kappa shape index (κ2) is 11.9.